The van der Waals surface area contributed by atoms with Gasteiger partial charge in [0.1, 0.15) is 12.1 Å². The van der Waals surface area contributed by atoms with Crippen LogP contribution in [0.1, 0.15) is 39.0 Å². The molecule has 1 atom stereocenters. The average molecular weight is 215 g/mol. The van der Waals surface area contributed by atoms with Crippen molar-refractivity contribution in [3.05, 3.63) is 0 Å². The molecule has 15 heavy (non-hydrogen) atoms. The summed E-state index contributed by atoms with van der Waals surface area (Å²) < 4.78 is 10.5. The van der Waals surface area contributed by atoms with Crippen molar-refractivity contribution in [3.63, 3.8) is 0 Å². The maximum absolute atomic E-state index is 11.5. The van der Waals surface area contributed by atoms with Gasteiger partial charge in [0.25, 0.3) is 0 Å². The summed E-state index contributed by atoms with van der Waals surface area (Å²) in [4.78, 5) is 11.5. The van der Waals surface area contributed by atoms with Gasteiger partial charge in [0.05, 0.1) is 13.2 Å². The largest absolute Gasteiger partial charge is 0.461 e. The van der Waals surface area contributed by atoms with E-state index < -0.39 is 6.04 Å². The molecule has 1 saturated heterocycles. The van der Waals surface area contributed by atoms with Gasteiger partial charge in [0.15, 0.2) is 0 Å². The fourth-order valence-electron chi connectivity index (χ4n) is 1.59. The van der Waals surface area contributed by atoms with Crippen LogP contribution >= 0.6 is 0 Å². The molecular formula is C11H21NO3. The van der Waals surface area contributed by atoms with Crippen LogP contribution < -0.4 is 5.73 Å². The summed E-state index contributed by atoms with van der Waals surface area (Å²) in [5.74, 6) is -0.254. The standard InChI is InChI=1S/C11H21NO3/c1-2-3-4-10(12)11(13)15-9-5-7-14-8-6-9/h9-10H,2-8,12H2,1H3. The highest BCUT2D eigenvalue weighted by Gasteiger charge is 2.21. The van der Waals surface area contributed by atoms with E-state index in [4.69, 9.17) is 15.2 Å². The molecule has 0 saturated carbocycles. The lowest BCUT2D eigenvalue weighted by atomic mass is 10.1. The predicted molar refractivity (Wildman–Crippen MR) is 57.4 cm³/mol. The van der Waals surface area contributed by atoms with Gasteiger partial charge >= 0.3 is 5.97 Å². The number of carbonyl (C=O) groups is 1. The van der Waals surface area contributed by atoms with Crippen LogP contribution in [-0.2, 0) is 14.3 Å². The Bertz CT molecular complexity index is 190. The van der Waals surface area contributed by atoms with Crippen LogP contribution in [0.5, 0.6) is 0 Å². The first-order chi connectivity index (χ1) is 7.24. The van der Waals surface area contributed by atoms with Crippen molar-refractivity contribution < 1.29 is 14.3 Å². The number of unbranched alkanes of at least 4 members (excludes halogenated alkanes) is 1. The Morgan fingerprint density at radius 3 is 2.80 bits per heavy atom. The molecule has 0 aromatic rings. The summed E-state index contributed by atoms with van der Waals surface area (Å²) in [5, 5.41) is 0. The van der Waals surface area contributed by atoms with Crippen molar-refractivity contribution in [1.82, 2.24) is 0 Å². The van der Waals surface area contributed by atoms with E-state index in [1.54, 1.807) is 0 Å². The van der Waals surface area contributed by atoms with Crippen LogP contribution in [-0.4, -0.2) is 31.3 Å². The minimum atomic E-state index is -0.451. The zero-order valence-electron chi connectivity index (χ0n) is 9.41. The number of ether oxygens (including phenoxy) is 2. The number of hydrogen-bond donors (Lipinski definition) is 1. The van der Waals surface area contributed by atoms with Crippen molar-refractivity contribution in [2.24, 2.45) is 5.73 Å². The minimum absolute atomic E-state index is 0.0129. The summed E-state index contributed by atoms with van der Waals surface area (Å²) >= 11 is 0. The monoisotopic (exact) mass is 215 g/mol. The fraction of sp³-hybridized carbons (Fsp3) is 0.909. The molecule has 0 spiro atoms. The molecule has 2 N–H and O–H groups in total. The van der Waals surface area contributed by atoms with Gasteiger partial charge < -0.3 is 15.2 Å². The van der Waals surface area contributed by atoms with Crippen LogP contribution in [0.2, 0.25) is 0 Å². The average Bonchev–Trinajstić information content (AvgIpc) is 2.27. The summed E-state index contributed by atoms with van der Waals surface area (Å²) in [6.45, 7) is 3.45. The maximum Gasteiger partial charge on any atom is 0.323 e. The molecule has 4 nitrogen and oxygen atoms in total. The highest BCUT2D eigenvalue weighted by Crippen LogP contribution is 2.12. The molecule has 1 fully saturated rings. The van der Waals surface area contributed by atoms with Gasteiger partial charge in [-0.2, -0.15) is 0 Å². The van der Waals surface area contributed by atoms with Crippen LogP contribution in [0, 0.1) is 0 Å². The highest BCUT2D eigenvalue weighted by molar-refractivity contribution is 5.75. The van der Waals surface area contributed by atoms with Crippen molar-refractivity contribution in [2.45, 2.75) is 51.2 Å². The van der Waals surface area contributed by atoms with Gasteiger partial charge in [-0.1, -0.05) is 19.8 Å². The molecular weight excluding hydrogens is 194 g/mol. The fourth-order valence-corrected chi connectivity index (χ4v) is 1.59. The van der Waals surface area contributed by atoms with E-state index >= 15 is 0 Å². The second-order valence-electron chi connectivity index (χ2n) is 4.00. The van der Waals surface area contributed by atoms with Gasteiger partial charge in [0.2, 0.25) is 0 Å². The van der Waals surface area contributed by atoms with Gasteiger partial charge in [-0.05, 0) is 6.42 Å². The Morgan fingerprint density at radius 1 is 1.53 bits per heavy atom. The zero-order valence-corrected chi connectivity index (χ0v) is 9.41. The van der Waals surface area contributed by atoms with Gasteiger partial charge in [0, 0.05) is 12.8 Å². The van der Waals surface area contributed by atoms with Crippen molar-refractivity contribution in [3.8, 4) is 0 Å². The quantitative estimate of drug-likeness (QED) is 0.701. The second-order valence-corrected chi connectivity index (χ2v) is 4.00. The van der Waals surface area contributed by atoms with Crippen molar-refractivity contribution in [1.29, 1.82) is 0 Å². The molecule has 0 aromatic carbocycles. The van der Waals surface area contributed by atoms with Crippen LogP contribution in [0.25, 0.3) is 0 Å². The third-order valence-electron chi connectivity index (χ3n) is 2.62. The summed E-state index contributed by atoms with van der Waals surface area (Å²) in [7, 11) is 0. The first-order valence-electron chi connectivity index (χ1n) is 5.78. The normalized spacial score (nSPS) is 19.9. The van der Waals surface area contributed by atoms with Crippen LogP contribution in [0.3, 0.4) is 0 Å². The van der Waals surface area contributed by atoms with E-state index in [9.17, 15) is 4.79 Å². The first-order valence-corrected chi connectivity index (χ1v) is 5.78. The van der Waals surface area contributed by atoms with Gasteiger partial charge in [-0.25, -0.2) is 0 Å². The van der Waals surface area contributed by atoms with E-state index in [1.807, 2.05) is 0 Å². The Labute approximate surface area is 91.1 Å². The van der Waals surface area contributed by atoms with Crippen molar-refractivity contribution >= 4 is 5.97 Å². The Hall–Kier alpha value is -0.610. The topological polar surface area (TPSA) is 61.6 Å². The van der Waals surface area contributed by atoms with E-state index in [1.165, 1.54) is 0 Å². The predicted octanol–water partition coefficient (Wildman–Crippen LogP) is 1.23. The lowest BCUT2D eigenvalue weighted by molar-refractivity contribution is -0.154. The Balaban J connectivity index is 2.20. The Morgan fingerprint density at radius 2 is 2.20 bits per heavy atom. The third kappa shape index (κ3) is 4.62. The number of carbonyl (C=O) groups excluding carboxylic acids is 1. The first kappa shape index (κ1) is 12.5. The van der Waals surface area contributed by atoms with Crippen LogP contribution in [0.15, 0.2) is 0 Å². The molecule has 4 heteroatoms. The van der Waals surface area contributed by atoms with Crippen LogP contribution in [0.4, 0.5) is 0 Å². The SMILES string of the molecule is CCCCC(N)C(=O)OC1CCOCC1. The molecule has 0 radical (unpaired) electrons. The molecule has 0 bridgehead atoms. The maximum atomic E-state index is 11.5. The number of rotatable bonds is 5. The molecule has 1 rings (SSSR count). The zero-order chi connectivity index (χ0) is 11.1. The molecule has 0 amide bonds. The number of hydrogen-bond acceptors (Lipinski definition) is 4. The summed E-state index contributed by atoms with van der Waals surface area (Å²) in [6, 6.07) is -0.451. The van der Waals surface area contributed by atoms with E-state index in [0.717, 1.165) is 32.1 Å². The van der Waals surface area contributed by atoms with Crippen molar-refractivity contribution in [2.75, 3.05) is 13.2 Å². The second kappa shape index (κ2) is 6.80. The van der Waals surface area contributed by atoms with E-state index in [2.05, 4.69) is 6.92 Å². The van der Waals surface area contributed by atoms with E-state index in [0.29, 0.717) is 13.2 Å². The smallest absolute Gasteiger partial charge is 0.323 e. The third-order valence-corrected chi connectivity index (χ3v) is 2.62. The number of nitrogens with two attached hydrogens (primary N) is 1. The minimum Gasteiger partial charge on any atom is -0.461 e. The summed E-state index contributed by atoms with van der Waals surface area (Å²) in [6.07, 6.45) is 4.36. The molecule has 0 aromatic heterocycles. The Kier molecular flexibility index (Phi) is 5.65. The van der Waals surface area contributed by atoms with E-state index in [-0.39, 0.29) is 12.1 Å². The lowest BCUT2D eigenvalue weighted by Crippen LogP contribution is -2.36. The van der Waals surface area contributed by atoms with Gasteiger partial charge in [-0.15, -0.1) is 0 Å². The molecule has 1 aliphatic rings. The highest BCUT2D eigenvalue weighted by atomic mass is 16.6. The molecule has 88 valence electrons. The molecule has 1 aliphatic heterocycles. The van der Waals surface area contributed by atoms with Gasteiger partial charge in [-0.3, -0.25) is 4.79 Å². The molecule has 1 heterocycles. The molecule has 1 unspecified atom stereocenters. The number of esters is 1. The summed E-state index contributed by atoms with van der Waals surface area (Å²) in [5.41, 5.74) is 5.71. The molecule has 0 aliphatic carbocycles. The lowest BCUT2D eigenvalue weighted by Gasteiger charge is -2.23.